The Morgan fingerprint density at radius 1 is 1.25 bits per heavy atom. The van der Waals surface area contributed by atoms with Crippen molar-refractivity contribution >= 4 is 11.5 Å². The van der Waals surface area contributed by atoms with E-state index in [0.717, 1.165) is 24.5 Å². The number of hydrogen-bond donors (Lipinski definition) is 0. The molecule has 0 saturated heterocycles. The molecule has 1 atom stereocenters. The number of anilines is 2. The molecule has 0 radical (unpaired) electrons. The van der Waals surface area contributed by atoms with Crippen LogP contribution in [0.2, 0.25) is 0 Å². The summed E-state index contributed by atoms with van der Waals surface area (Å²) in [6.45, 7) is 5.11. The Morgan fingerprint density at radius 2 is 2.05 bits per heavy atom. The van der Waals surface area contributed by atoms with Gasteiger partial charge in [-0.3, -0.25) is 0 Å². The van der Waals surface area contributed by atoms with Crippen molar-refractivity contribution in [1.82, 2.24) is 4.98 Å². The molecular formula is C17H17N3. The van der Waals surface area contributed by atoms with Crippen molar-refractivity contribution in [2.24, 2.45) is 5.92 Å². The molecule has 2 aromatic rings. The van der Waals surface area contributed by atoms with Crippen LogP contribution in [0.3, 0.4) is 0 Å². The molecule has 1 aromatic carbocycles. The monoisotopic (exact) mass is 263 g/mol. The molecule has 0 saturated carbocycles. The Hall–Kier alpha value is -2.34. The summed E-state index contributed by atoms with van der Waals surface area (Å²) in [5.41, 5.74) is 4.09. The molecule has 1 aliphatic heterocycles. The normalized spacial score (nSPS) is 17.4. The Morgan fingerprint density at radius 3 is 2.85 bits per heavy atom. The minimum absolute atomic E-state index is 0.554. The highest BCUT2D eigenvalue weighted by atomic mass is 15.2. The number of hydrogen-bond acceptors (Lipinski definition) is 3. The Bertz CT molecular complexity index is 685. The van der Waals surface area contributed by atoms with Gasteiger partial charge < -0.3 is 4.90 Å². The molecule has 1 aromatic heterocycles. The van der Waals surface area contributed by atoms with E-state index in [9.17, 15) is 5.26 Å². The van der Waals surface area contributed by atoms with Crippen LogP contribution in [-0.4, -0.2) is 11.5 Å². The minimum Gasteiger partial charge on any atom is -0.325 e. The zero-order valence-corrected chi connectivity index (χ0v) is 11.8. The van der Waals surface area contributed by atoms with Crippen molar-refractivity contribution in [3.8, 4) is 6.07 Å². The molecule has 0 aliphatic carbocycles. The quantitative estimate of drug-likeness (QED) is 0.789. The van der Waals surface area contributed by atoms with Gasteiger partial charge in [0, 0.05) is 17.9 Å². The summed E-state index contributed by atoms with van der Waals surface area (Å²) in [6.07, 6.45) is 1.08. The first kappa shape index (κ1) is 12.7. The van der Waals surface area contributed by atoms with Gasteiger partial charge in [0.25, 0.3) is 0 Å². The fraction of sp³-hybridized carbons (Fsp3) is 0.294. The van der Waals surface area contributed by atoms with E-state index >= 15 is 0 Å². The van der Waals surface area contributed by atoms with Crippen LogP contribution in [0.1, 0.15) is 23.7 Å². The molecule has 0 bridgehead atoms. The van der Waals surface area contributed by atoms with E-state index in [1.165, 1.54) is 11.3 Å². The van der Waals surface area contributed by atoms with Gasteiger partial charge in [-0.15, -0.1) is 0 Å². The lowest BCUT2D eigenvalue weighted by molar-refractivity contribution is 0.559. The summed E-state index contributed by atoms with van der Waals surface area (Å²) in [6, 6.07) is 14.4. The number of aromatic nitrogens is 1. The highest BCUT2D eigenvalue weighted by Gasteiger charge is 2.25. The van der Waals surface area contributed by atoms with Gasteiger partial charge >= 0.3 is 0 Å². The fourth-order valence-corrected chi connectivity index (χ4v) is 2.83. The van der Waals surface area contributed by atoms with Gasteiger partial charge in [-0.05, 0) is 43.0 Å². The summed E-state index contributed by atoms with van der Waals surface area (Å²) in [5.74, 6) is 1.34. The van der Waals surface area contributed by atoms with Crippen molar-refractivity contribution in [3.63, 3.8) is 0 Å². The van der Waals surface area contributed by atoms with Crippen LogP contribution in [0, 0.1) is 24.2 Å². The van der Waals surface area contributed by atoms with Gasteiger partial charge in [-0.2, -0.15) is 5.26 Å². The third kappa shape index (κ3) is 2.14. The first-order valence-corrected chi connectivity index (χ1v) is 6.92. The second-order valence-electron chi connectivity index (χ2n) is 5.48. The second kappa shape index (κ2) is 4.97. The van der Waals surface area contributed by atoms with Crippen LogP contribution >= 0.6 is 0 Å². The number of fused-ring (bicyclic) bond motifs is 1. The first-order valence-electron chi connectivity index (χ1n) is 6.92. The van der Waals surface area contributed by atoms with E-state index in [2.05, 4.69) is 41.1 Å². The highest BCUT2D eigenvalue weighted by molar-refractivity contribution is 5.69. The van der Waals surface area contributed by atoms with Crippen LogP contribution in [0.25, 0.3) is 0 Å². The highest BCUT2D eigenvalue weighted by Crippen LogP contribution is 2.35. The average molecular weight is 263 g/mol. The lowest BCUT2D eigenvalue weighted by atomic mass is 9.93. The van der Waals surface area contributed by atoms with Crippen molar-refractivity contribution in [3.05, 3.63) is 53.2 Å². The lowest BCUT2D eigenvalue weighted by Crippen LogP contribution is -2.31. The number of benzene rings is 1. The van der Waals surface area contributed by atoms with Crippen LogP contribution in [0.4, 0.5) is 11.5 Å². The number of aryl methyl sites for hydroxylation is 1. The summed E-state index contributed by atoms with van der Waals surface area (Å²) < 4.78 is 0. The lowest BCUT2D eigenvalue weighted by Gasteiger charge is -2.34. The minimum atomic E-state index is 0.554. The van der Waals surface area contributed by atoms with E-state index in [0.29, 0.717) is 11.5 Å². The summed E-state index contributed by atoms with van der Waals surface area (Å²) in [4.78, 5) is 6.79. The van der Waals surface area contributed by atoms with Gasteiger partial charge in [0.1, 0.15) is 6.07 Å². The molecule has 0 amide bonds. The largest absolute Gasteiger partial charge is 0.325 e. The molecule has 3 rings (SSSR count). The van der Waals surface area contributed by atoms with Gasteiger partial charge in [0.05, 0.1) is 5.56 Å². The molecule has 3 nitrogen and oxygen atoms in total. The molecule has 3 heteroatoms. The molecule has 0 fully saturated rings. The summed E-state index contributed by atoms with van der Waals surface area (Å²) in [5, 5.41) is 9.34. The zero-order chi connectivity index (χ0) is 14.1. The van der Waals surface area contributed by atoms with Crippen molar-refractivity contribution in [1.29, 1.82) is 5.26 Å². The maximum absolute atomic E-state index is 9.34. The van der Waals surface area contributed by atoms with E-state index < -0.39 is 0 Å². The average Bonchev–Trinajstić information content (AvgIpc) is 2.46. The van der Waals surface area contributed by atoms with Gasteiger partial charge in [0.15, 0.2) is 5.82 Å². The van der Waals surface area contributed by atoms with Gasteiger partial charge in [-0.25, -0.2) is 4.98 Å². The zero-order valence-electron chi connectivity index (χ0n) is 11.8. The van der Waals surface area contributed by atoms with Crippen LogP contribution in [0.5, 0.6) is 0 Å². The maximum Gasteiger partial charge on any atom is 0.151 e. The Labute approximate surface area is 119 Å². The van der Waals surface area contributed by atoms with E-state index in [4.69, 9.17) is 0 Å². The smallest absolute Gasteiger partial charge is 0.151 e. The number of pyridine rings is 1. The standard InChI is InChI=1S/C17H17N3/c1-12-9-14-5-3-4-6-16(14)20(11-12)17-15(10-18)8-7-13(2)19-17/h3-8,12H,9,11H2,1-2H3. The number of para-hydroxylation sites is 1. The van der Waals surface area contributed by atoms with Crippen molar-refractivity contribution in [2.45, 2.75) is 20.3 Å². The van der Waals surface area contributed by atoms with E-state index in [-0.39, 0.29) is 0 Å². The number of rotatable bonds is 1. The maximum atomic E-state index is 9.34. The summed E-state index contributed by atoms with van der Waals surface area (Å²) >= 11 is 0. The third-order valence-corrected chi connectivity index (χ3v) is 3.74. The Kier molecular flexibility index (Phi) is 3.15. The van der Waals surface area contributed by atoms with E-state index in [1.54, 1.807) is 0 Å². The topological polar surface area (TPSA) is 39.9 Å². The van der Waals surface area contributed by atoms with Gasteiger partial charge in [-0.1, -0.05) is 25.1 Å². The second-order valence-corrected chi connectivity index (χ2v) is 5.48. The molecule has 1 aliphatic rings. The molecule has 0 spiro atoms. The van der Waals surface area contributed by atoms with Crippen LogP contribution in [0.15, 0.2) is 36.4 Å². The first-order chi connectivity index (χ1) is 9.69. The molecule has 1 unspecified atom stereocenters. The van der Waals surface area contributed by atoms with Crippen molar-refractivity contribution < 1.29 is 0 Å². The number of nitrogens with zero attached hydrogens (tertiary/aromatic N) is 3. The SMILES string of the molecule is Cc1ccc(C#N)c(N2CC(C)Cc3ccccc32)n1. The van der Waals surface area contributed by atoms with E-state index in [1.807, 2.05) is 25.1 Å². The fourth-order valence-electron chi connectivity index (χ4n) is 2.83. The summed E-state index contributed by atoms with van der Waals surface area (Å²) in [7, 11) is 0. The predicted molar refractivity (Wildman–Crippen MR) is 80.0 cm³/mol. The third-order valence-electron chi connectivity index (χ3n) is 3.74. The van der Waals surface area contributed by atoms with Crippen LogP contribution < -0.4 is 4.90 Å². The van der Waals surface area contributed by atoms with Crippen molar-refractivity contribution in [2.75, 3.05) is 11.4 Å². The molecule has 100 valence electrons. The van der Waals surface area contributed by atoms with Crippen LogP contribution in [-0.2, 0) is 6.42 Å². The Balaban J connectivity index is 2.16. The predicted octanol–water partition coefficient (Wildman–Crippen LogP) is 3.59. The van der Waals surface area contributed by atoms with Gasteiger partial charge in [0.2, 0.25) is 0 Å². The number of nitriles is 1. The molecule has 20 heavy (non-hydrogen) atoms. The molecule has 2 heterocycles. The molecular weight excluding hydrogens is 246 g/mol. The molecule has 0 N–H and O–H groups in total.